The van der Waals surface area contributed by atoms with Crippen molar-refractivity contribution in [1.29, 1.82) is 0 Å². The average molecular weight is 263 g/mol. The molecule has 1 unspecified atom stereocenters. The molecule has 1 aromatic carbocycles. The molecular formula is C16H25NO2. The minimum absolute atomic E-state index is 0.377. The number of benzene rings is 1. The Balaban J connectivity index is 2.95. The van der Waals surface area contributed by atoms with Gasteiger partial charge in [0.15, 0.2) is 11.5 Å². The highest BCUT2D eigenvalue weighted by Gasteiger charge is 2.06. The first-order chi connectivity index (χ1) is 9.12. The lowest BCUT2D eigenvalue weighted by atomic mass is 10.1. The summed E-state index contributed by atoms with van der Waals surface area (Å²) in [5.41, 5.74) is 2.43. The first-order valence-electron chi connectivity index (χ1n) is 6.84. The summed E-state index contributed by atoms with van der Waals surface area (Å²) in [7, 11) is 1.66. The standard InChI is InChI=1S/C16H25NO2/c1-6-17-13(4)12(3)10-14-8-9-15(18-5)16(11-14)19-7-2/h8-11,13,17H,6-7H2,1-5H3/b12-10+. The van der Waals surface area contributed by atoms with Gasteiger partial charge in [0, 0.05) is 6.04 Å². The fourth-order valence-corrected chi connectivity index (χ4v) is 1.91. The number of hydrogen-bond donors (Lipinski definition) is 1. The highest BCUT2D eigenvalue weighted by atomic mass is 16.5. The fraction of sp³-hybridized carbons (Fsp3) is 0.500. The maximum Gasteiger partial charge on any atom is 0.161 e. The van der Waals surface area contributed by atoms with Crippen molar-refractivity contribution in [1.82, 2.24) is 5.32 Å². The molecule has 0 saturated heterocycles. The number of rotatable bonds is 7. The van der Waals surface area contributed by atoms with Crippen LogP contribution in [0.4, 0.5) is 0 Å². The Kier molecular flexibility index (Phi) is 6.43. The molecule has 0 saturated carbocycles. The SMILES string of the molecule is CCNC(C)/C(C)=C/c1ccc(OC)c(OCC)c1. The molecular weight excluding hydrogens is 238 g/mol. The van der Waals surface area contributed by atoms with E-state index in [1.807, 2.05) is 25.1 Å². The fourth-order valence-electron chi connectivity index (χ4n) is 1.91. The highest BCUT2D eigenvalue weighted by Crippen LogP contribution is 2.29. The molecule has 1 atom stereocenters. The minimum Gasteiger partial charge on any atom is -0.493 e. The van der Waals surface area contributed by atoms with Crippen LogP contribution in [-0.4, -0.2) is 26.3 Å². The molecule has 0 heterocycles. The van der Waals surface area contributed by atoms with E-state index in [1.54, 1.807) is 7.11 Å². The summed E-state index contributed by atoms with van der Waals surface area (Å²) in [6.07, 6.45) is 2.18. The van der Waals surface area contributed by atoms with Gasteiger partial charge in [0.1, 0.15) is 0 Å². The van der Waals surface area contributed by atoms with Crippen LogP contribution in [-0.2, 0) is 0 Å². The summed E-state index contributed by atoms with van der Waals surface area (Å²) < 4.78 is 10.9. The third-order valence-electron chi connectivity index (χ3n) is 3.08. The van der Waals surface area contributed by atoms with Crippen LogP contribution in [0.3, 0.4) is 0 Å². The van der Waals surface area contributed by atoms with Crippen LogP contribution in [0.5, 0.6) is 11.5 Å². The molecule has 0 aliphatic carbocycles. The second kappa shape index (κ2) is 7.85. The molecule has 0 fully saturated rings. The van der Waals surface area contributed by atoms with Crippen LogP contribution in [0.1, 0.15) is 33.3 Å². The summed E-state index contributed by atoms with van der Waals surface area (Å²) in [4.78, 5) is 0. The van der Waals surface area contributed by atoms with Crippen LogP contribution in [0.25, 0.3) is 6.08 Å². The van der Waals surface area contributed by atoms with Gasteiger partial charge in [-0.1, -0.05) is 24.6 Å². The Hall–Kier alpha value is -1.48. The predicted octanol–water partition coefficient (Wildman–Crippen LogP) is 3.50. The highest BCUT2D eigenvalue weighted by molar-refractivity contribution is 5.58. The molecule has 0 aliphatic heterocycles. The van der Waals surface area contributed by atoms with Crippen molar-refractivity contribution in [2.45, 2.75) is 33.7 Å². The second-order valence-electron chi connectivity index (χ2n) is 4.51. The largest absolute Gasteiger partial charge is 0.493 e. The maximum absolute atomic E-state index is 5.59. The Morgan fingerprint density at radius 1 is 1.32 bits per heavy atom. The smallest absolute Gasteiger partial charge is 0.161 e. The van der Waals surface area contributed by atoms with E-state index in [2.05, 4.69) is 32.2 Å². The van der Waals surface area contributed by atoms with Crippen LogP contribution < -0.4 is 14.8 Å². The first kappa shape index (κ1) is 15.6. The Bertz CT molecular complexity index is 427. The summed E-state index contributed by atoms with van der Waals surface area (Å²) in [5.74, 6) is 1.57. The molecule has 1 aromatic rings. The van der Waals surface area contributed by atoms with Gasteiger partial charge >= 0.3 is 0 Å². The van der Waals surface area contributed by atoms with Crippen molar-refractivity contribution in [3.05, 3.63) is 29.3 Å². The summed E-state index contributed by atoms with van der Waals surface area (Å²) in [6.45, 7) is 10.0. The van der Waals surface area contributed by atoms with Crippen molar-refractivity contribution in [2.24, 2.45) is 0 Å². The topological polar surface area (TPSA) is 30.5 Å². The van der Waals surface area contributed by atoms with Gasteiger partial charge in [0.25, 0.3) is 0 Å². The number of nitrogens with one attached hydrogen (secondary N) is 1. The molecule has 0 aliphatic rings. The van der Waals surface area contributed by atoms with Crippen LogP contribution in [0, 0.1) is 0 Å². The van der Waals surface area contributed by atoms with Gasteiger partial charge in [-0.15, -0.1) is 0 Å². The number of likely N-dealkylation sites (N-methyl/N-ethyl adjacent to an activating group) is 1. The first-order valence-corrected chi connectivity index (χ1v) is 6.84. The third kappa shape index (κ3) is 4.60. The molecule has 0 radical (unpaired) electrons. The quantitative estimate of drug-likeness (QED) is 0.816. The van der Waals surface area contributed by atoms with Crippen molar-refractivity contribution in [3.63, 3.8) is 0 Å². The zero-order valence-electron chi connectivity index (χ0n) is 12.6. The summed E-state index contributed by atoms with van der Waals surface area (Å²) >= 11 is 0. The van der Waals surface area contributed by atoms with Crippen LogP contribution >= 0.6 is 0 Å². The van der Waals surface area contributed by atoms with Gasteiger partial charge < -0.3 is 14.8 Å². The average Bonchev–Trinajstić information content (AvgIpc) is 2.39. The van der Waals surface area contributed by atoms with Crippen molar-refractivity contribution < 1.29 is 9.47 Å². The van der Waals surface area contributed by atoms with Crippen LogP contribution in [0.2, 0.25) is 0 Å². The van der Waals surface area contributed by atoms with Gasteiger partial charge in [-0.2, -0.15) is 0 Å². The van der Waals surface area contributed by atoms with E-state index < -0.39 is 0 Å². The van der Waals surface area contributed by atoms with Crippen LogP contribution in [0.15, 0.2) is 23.8 Å². The lowest BCUT2D eigenvalue weighted by Crippen LogP contribution is -2.26. The van der Waals surface area contributed by atoms with Crippen molar-refractivity contribution in [3.8, 4) is 11.5 Å². The Morgan fingerprint density at radius 3 is 2.63 bits per heavy atom. The molecule has 0 aromatic heterocycles. The second-order valence-corrected chi connectivity index (χ2v) is 4.51. The van der Waals surface area contributed by atoms with Gasteiger partial charge in [-0.3, -0.25) is 0 Å². The molecule has 1 N–H and O–H groups in total. The molecule has 1 rings (SSSR count). The van der Waals surface area contributed by atoms with Gasteiger partial charge in [0.2, 0.25) is 0 Å². The van der Waals surface area contributed by atoms with E-state index >= 15 is 0 Å². The maximum atomic E-state index is 5.59. The van der Waals surface area contributed by atoms with Gasteiger partial charge in [-0.25, -0.2) is 0 Å². The Morgan fingerprint density at radius 2 is 2.05 bits per heavy atom. The molecule has 106 valence electrons. The van der Waals surface area contributed by atoms with Gasteiger partial charge in [0.05, 0.1) is 13.7 Å². The predicted molar refractivity (Wildman–Crippen MR) is 81.0 cm³/mol. The normalized spacial score (nSPS) is 13.2. The van der Waals surface area contributed by atoms with Gasteiger partial charge in [-0.05, 0) is 45.0 Å². The molecule has 3 heteroatoms. The zero-order chi connectivity index (χ0) is 14.3. The molecule has 19 heavy (non-hydrogen) atoms. The molecule has 0 bridgehead atoms. The third-order valence-corrected chi connectivity index (χ3v) is 3.08. The molecule has 3 nitrogen and oxygen atoms in total. The lowest BCUT2D eigenvalue weighted by Gasteiger charge is -2.14. The number of methoxy groups -OCH3 is 1. The van der Waals surface area contributed by atoms with E-state index in [4.69, 9.17) is 9.47 Å². The van der Waals surface area contributed by atoms with Crippen molar-refractivity contribution in [2.75, 3.05) is 20.3 Å². The summed E-state index contributed by atoms with van der Waals surface area (Å²) in [6, 6.07) is 6.39. The van der Waals surface area contributed by atoms with E-state index in [0.29, 0.717) is 12.6 Å². The Labute approximate surface area is 116 Å². The summed E-state index contributed by atoms with van der Waals surface area (Å²) in [5, 5.41) is 3.40. The molecule has 0 amide bonds. The number of ether oxygens (including phenoxy) is 2. The minimum atomic E-state index is 0.377. The lowest BCUT2D eigenvalue weighted by molar-refractivity contribution is 0.311. The monoisotopic (exact) mass is 263 g/mol. The zero-order valence-corrected chi connectivity index (χ0v) is 12.6. The van der Waals surface area contributed by atoms with Crippen molar-refractivity contribution >= 4 is 6.08 Å². The number of hydrogen-bond acceptors (Lipinski definition) is 3. The van der Waals surface area contributed by atoms with E-state index in [-0.39, 0.29) is 0 Å². The van der Waals surface area contributed by atoms with E-state index in [9.17, 15) is 0 Å². The van der Waals surface area contributed by atoms with E-state index in [1.165, 1.54) is 5.57 Å². The molecule has 0 spiro atoms. The van der Waals surface area contributed by atoms with E-state index in [0.717, 1.165) is 23.6 Å².